The van der Waals surface area contributed by atoms with Gasteiger partial charge in [-0.3, -0.25) is 0 Å². The average molecular weight is 663 g/mol. The zero-order chi connectivity index (χ0) is 39.6. The van der Waals surface area contributed by atoms with E-state index in [1.54, 1.807) is 0 Å². The summed E-state index contributed by atoms with van der Waals surface area (Å²) < 4.78 is 79.4. The lowest BCUT2D eigenvalue weighted by molar-refractivity contribution is 0.668. The summed E-state index contributed by atoms with van der Waals surface area (Å²) in [4.78, 5) is 14.6. The maximum Gasteiger partial charge on any atom is 0.164 e. The SMILES string of the molecule is [2H]c1c([2H])c([2H])c2c(oc3c([2H])c(-c4nc(-c5ccccc5)nc(-c5cccc6oc7ccc(-c8ccc9c(c8)oc8ccccc89)cc7c56)n4)c([2H])c([2H])c32)c1[2H]. The van der Waals surface area contributed by atoms with Crippen LogP contribution < -0.4 is 0 Å². The minimum absolute atomic E-state index is 0.0526. The van der Waals surface area contributed by atoms with Gasteiger partial charge in [-0.15, -0.1) is 0 Å². The van der Waals surface area contributed by atoms with E-state index >= 15 is 0 Å². The molecule has 4 aromatic heterocycles. The van der Waals surface area contributed by atoms with Gasteiger partial charge in [-0.25, -0.2) is 15.0 Å². The summed E-state index contributed by atoms with van der Waals surface area (Å²) in [6.07, 6.45) is 0. The maximum absolute atomic E-state index is 9.31. The van der Waals surface area contributed by atoms with Gasteiger partial charge in [-0.1, -0.05) is 97.0 Å². The van der Waals surface area contributed by atoms with Crippen molar-refractivity contribution in [1.82, 2.24) is 15.0 Å². The van der Waals surface area contributed by atoms with Gasteiger partial charge in [0.15, 0.2) is 17.5 Å². The highest BCUT2D eigenvalue weighted by atomic mass is 16.3. The van der Waals surface area contributed by atoms with E-state index in [1.165, 1.54) is 0 Å². The molecule has 238 valence electrons. The van der Waals surface area contributed by atoms with Gasteiger partial charge in [0, 0.05) is 49.0 Å². The van der Waals surface area contributed by atoms with E-state index < -0.39 is 30.2 Å². The second kappa shape index (κ2) is 10.7. The van der Waals surface area contributed by atoms with Crippen LogP contribution >= 0.6 is 0 Å². The molecule has 6 nitrogen and oxygen atoms in total. The van der Waals surface area contributed by atoms with E-state index in [0.29, 0.717) is 22.3 Å². The average Bonchev–Trinajstić information content (AvgIpc) is 3.96. The van der Waals surface area contributed by atoms with Gasteiger partial charge < -0.3 is 13.3 Å². The van der Waals surface area contributed by atoms with E-state index in [-0.39, 0.29) is 57.1 Å². The van der Waals surface area contributed by atoms with Crippen LogP contribution in [-0.4, -0.2) is 15.0 Å². The highest BCUT2D eigenvalue weighted by molar-refractivity contribution is 6.13. The molecule has 11 rings (SSSR count). The van der Waals surface area contributed by atoms with Crippen LogP contribution in [0.4, 0.5) is 0 Å². The minimum atomic E-state index is -0.504. The number of hydrogen-bond donors (Lipinski definition) is 0. The zero-order valence-corrected chi connectivity index (χ0v) is 26.5. The standard InChI is InChI=1S/C45H25N3O3/c1-2-9-26(10-3-1)43-46-44(29-18-21-33-31-12-5-7-15-37(31)51-41(33)25-29)48-45(47-43)34-13-8-16-39-42(34)35-23-27(19-22-38(35)49-39)28-17-20-32-30-11-4-6-14-36(30)50-40(32)24-28/h1-25H/i5D,7D,12D,15D,18D,21D,25D. The molecule has 0 atom stereocenters. The van der Waals surface area contributed by atoms with E-state index in [4.69, 9.17) is 35.1 Å². The third kappa shape index (κ3) is 4.40. The predicted molar refractivity (Wildman–Crippen MR) is 203 cm³/mol. The minimum Gasteiger partial charge on any atom is -0.456 e. The number of nitrogens with zero attached hydrogens (tertiary/aromatic N) is 3. The molecule has 4 heterocycles. The molecular formula is C45H25N3O3. The van der Waals surface area contributed by atoms with E-state index in [1.807, 2.05) is 91.0 Å². The first kappa shape index (κ1) is 21.8. The Morgan fingerprint density at radius 1 is 0.392 bits per heavy atom. The first-order valence-electron chi connectivity index (χ1n) is 19.8. The summed E-state index contributed by atoms with van der Waals surface area (Å²) in [5.74, 6) is 0.444. The third-order valence-corrected chi connectivity index (χ3v) is 9.22. The fourth-order valence-corrected chi connectivity index (χ4v) is 6.83. The van der Waals surface area contributed by atoms with Crippen LogP contribution in [0.1, 0.15) is 9.60 Å². The normalized spacial score (nSPS) is 13.8. The molecule has 0 aliphatic heterocycles. The van der Waals surface area contributed by atoms with Crippen molar-refractivity contribution in [2.45, 2.75) is 0 Å². The number of furan rings is 3. The molecule has 0 bridgehead atoms. The Kier molecular flexibility index (Phi) is 4.59. The predicted octanol–water partition coefficient (Wildman–Crippen LogP) is 12.2. The summed E-state index contributed by atoms with van der Waals surface area (Å²) in [6, 6.07) is 32.0. The van der Waals surface area contributed by atoms with Crippen LogP contribution in [0.5, 0.6) is 0 Å². The molecule has 6 heteroatoms. The topological polar surface area (TPSA) is 78.1 Å². The van der Waals surface area contributed by atoms with E-state index in [2.05, 4.69) is 18.2 Å². The van der Waals surface area contributed by atoms with E-state index in [0.717, 1.165) is 43.8 Å². The van der Waals surface area contributed by atoms with Gasteiger partial charge in [0.05, 0.1) is 9.60 Å². The summed E-state index contributed by atoms with van der Waals surface area (Å²) in [5.41, 5.74) is 5.54. The molecule has 11 aromatic rings. The van der Waals surface area contributed by atoms with Crippen LogP contribution in [0.25, 0.3) is 111 Å². The van der Waals surface area contributed by atoms with Crippen LogP contribution in [-0.2, 0) is 0 Å². The van der Waals surface area contributed by atoms with Gasteiger partial charge >= 0.3 is 0 Å². The van der Waals surface area contributed by atoms with Crippen LogP contribution in [0.2, 0.25) is 0 Å². The lowest BCUT2D eigenvalue weighted by atomic mass is 9.99. The van der Waals surface area contributed by atoms with Crippen LogP contribution in [0.3, 0.4) is 0 Å². The van der Waals surface area contributed by atoms with Crippen molar-refractivity contribution in [2.24, 2.45) is 0 Å². The molecule has 0 unspecified atom stereocenters. The van der Waals surface area contributed by atoms with Crippen molar-refractivity contribution in [3.05, 3.63) is 151 Å². The van der Waals surface area contributed by atoms with Crippen LogP contribution in [0, 0.1) is 0 Å². The summed E-state index contributed by atoms with van der Waals surface area (Å²) in [7, 11) is 0. The molecule has 0 amide bonds. The molecule has 7 aromatic carbocycles. The molecule has 51 heavy (non-hydrogen) atoms. The van der Waals surface area contributed by atoms with Gasteiger partial charge in [0.1, 0.15) is 33.5 Å². The maximum atomic E-state index is 9.31. The highest BCUT2D eigenvalue weighted by Gasteiger charge is 2.19. The molecule has 0 aliphatic rings. The molecule has 0 saturated carbocycles. The zero-order valence-electron chi connectivity index (χ0n) is 33.5. The molecule has 0 fully saturated rings. The van der Waals surface area contributed by atoms with Gasteiger partial charge in [0.25, 0.3) is 0 Å². The van der Waals surface area contributed by atoms with Gasteiger partial charge in [-0.2, -0.15) is 0 Å². The molecule has 0 saturated heterocycles. The third-order valence-electron chi connectivity index (χ3n) is 9.22. The van der Waals surface area contributed by atoms with Crippen molar-refractivity contribution < 1.29 is 22.8 Å². The van der Waals surface area contributed by atoms with Crippen molar-refractivity contribution in [3.8, 4) is 45.3 Å². The smallest absolute Gasteiger partial charge is 0.164 e. The number of hydrogen-bond acceptors (Lipinski definition) is 6. The number of fused-ring (bicyclic) bond motifs is 9. The van der Waals surface area contributed by atoms with Gasteiger partial charge in [-0.05, 0) is 65.7 Å². The fourth-order valence-electron chi connectivity index (χ4n) is 6.83. The monoisotopic (exact) mass is 662 g/mol. The van der Waals surface area contributed by atoms with Gasteiger partial charge in [0.2, 0.25) is 0 Å². The molecule has 0 spiro atoms. The lowest BCUT2D eigenvalue weighted by Gasteiger charge is -2.09. The second-order valence-corrected chi connectivity index (χ2v) is 12.2. The number of rotatable bonds is 4. The van der Waals surface area contributed by atoms with E-state index in [9.17, 15) is 2.74 Å². The fraction of sp³-hybridized carbons (Fsp3) is 0. The second-order valence-electron chi connectivity index (χ2n) is 12.2. The van der Waals surface area contributed by atoms with Crippen molar-refractivity contribution in [3.63, 3.8) is 0 Å². The van der Waals surface area contributed by atoms with Crippen molar-refractivity contribution in [2.75, 3.05) is 0 Å². The number of para-hydroxylation sites is 2. The molecule has 0 radical (unpaired) electrons. The Morgan fingerprint density at radius 3 is 2.02 bits per heavy atom. The summed E-state index contributed by atoms with van der Waals surface area (Å²) in [6.45, 7) is 0. The molecule has 0 aliphatic carbocycles. The lowest BCUT2D eigenvalue weighted by Crippen LogP contribution is -2.00. The molecule has 0 N–H and O–H groups in total. The Bertz CT molecular complexity index is 3560. The summed E-state index contributed by atoms with van der Waals surface area (Å²) in [5, 5.41) is 3.54. The first-order chi connectivity index (χ1) is 28.2. The molecular weight excluding hydrogens is 631 g/mol. The number of aromatic nitrogens is 3. The van der Waals surface area contributed by atoms with Crippen molar-refractivity contribution >= 4 is 65.8 Å². The summed E-state index contributed by atoms with van der Waals surface area (Å²) >= 11 is 0. The quantitative estimate of drug-likeness (QED) is 0.187. The van der Waals surface area contributed by atoms with Crippen molar-refractivity contribution in [1.29, 1.82) is 0 Å². The first-order valence-corrected chi connectivity index (χ1v) is 16.3. The number of benzene rings is 7. The largest absolute Gasteiger partial charge is 0.456 e. The Labute approximate surface area is 300 Å². The Hall–Kier alpha value is -7.05. The highest BCUT2D eigenvalue weighted by Crippen LogP contribution is 2.40. The Morgan fingerprint density at radius 2 is 1.08 bits per heavy atom. The van der Waals surface area contributed by atoms with Crippen LogP contribution in [0.15, 0.2) is 165 Å². The Balaban J connectivity index is 1.14.